The number of aliphatic carboxylic acids is 1. The summed E-state index contributed by atoms with van der Waals surface area (Å²) in [6, 6.07) is 5.98. The van der Waals surface area contributed by atoms with E-state index in [0.29, 0.717) is 17.7 Å². The van der Waals surface area contributed by atoms with Gasteiger partial charge in [0.1, 0.15) is 5.82 Å². The van der Waals surface area contributed by atoms with Gasteiger partial charge < -0.3 is 9.67 Å². The number of carbonyl (C=O) groups excluding carboxylic acids is 2. The van der Waals surface area contributed by atoms with E-state index < -0.39 is 24.0 Å². The maximum atomic E-state index is 12.9. The fourth-order valence-electron chi connectivity index (χ4n) is 2.12. The van der Waals surface area contributed by atoms with Gasteiger partial charge in [-0.1, -0.05) is 12.1 Å². The molecule has 0 spiro atoms. The monoisotopic (exact) mass is 303 g/mol. The van der Waals surface area contributed by atoms with E-state index in [2.05, 4.69) is 0 Å². The lowest BCUT2D eigenvalue weighted by atomic mass is 10.1. The van der Waals surface area contributed by atoms with Gasteiger partial charge in [-0.2, -0.15) is 0 Å². The standard InChI is InChI=1S/C16H14FNO4/c1-10-7-18(8-11-2-4-12(17)5-3-11)9-13(10)14(19)6-15(20)16(21)22/h2-5,7,9H,6,8H2,1H3,(H,21,22). The summed E-state index contributed by atoms with van der Waals surface area (Å²) in [5, 5.41) is 8.53. The molecular formula is C16H14FNO4. The van der Waals surface area contributed by atoms with Gasteiger partial charge in [0.2, 0.25) is 5.78 Å². The molecule has 0 atom stereocenters. The zero-order valence-corrected chi connectivity index (χ0v) is 11.9. The van der Waals surface area contributed by atoms with Crippen LogP contribution in [0.2, 0.25) is 0 Å². The highest BCUT2D eigenvalue weighted by molar-refractivity contribution is 6.37. The summed E-state index contributed by atoms with van der Waals surface area (Å²) in [4.78, 5) is 33.5. The van der Waals surface area contributed by atoms with Crippen LogP contribution in [0.5, 0.6) is 0 Å². The molecule has 0 amide bonds. The first-order chi connectivity index (χ1) is 10.4. The Hall–Kier alpha value is -2.76. The lowest BCUT2D eigenvalue weighted by Gasteiger charge is -2.02. The summed E-state index contributed by atoms with van der Waals surface area (Å²) < 4.78 is 14.6. The largest absolute Gasteiger partial charge is 0.475 e. The average molecular weight is 303 g/mol. The molecule has 5 nitrogen and oxygen atoms in total. The quantitative estimate of drug-likeness (QED) is 0.504. The lowest BCUT2D eigenvalue weighted by Crippen LogP contribution is -2.17. The van der Waals surface area contributed by atoms with Gasteiger partial charge in [0, 0.05) is 24.5 Å². The Morgan fingerprint density at radius 2 is 1.77 bits per heavy atom. The predicted molar refractivity (Wildman–Crippen MR) is 76.3 cm³/mol. The highest BCUT2D eigenvalue weighted by Crippen LogP contribution is 2.14. The van der Waals surface area contributed by atoms with Crippen molar-refractivity contribution in [2.75, 3.05) is 0 Å². The first-order valence-electron chi connectivity index (χ1n) is 6.57. The van der Waals surface area contributed by atoms with E-state index >= 15 is 0 Å². The van der Waals surface area contributed by atoms with E-state index in [4.69, 9.17) is 5.11 Å². The van der Waals surface area contributed by atoms with E-state index in [9.17, 15) is 18.8 Å². The Balaban J connectivity index is 2.14. The molecule has 1 aromatic carbocycles. The van der Waals surface area contributed by atoms with Crippen LogP contribution in [0.1, 0.15) is 27.9 Å². The predicted octanol–water partition coefficient (Wildman–Crippen LogP) is 2.21. The molecule has 1 heterocycles. The van der Waals surface area contributed by atoms with Crippen LogP contribution in [0.3, 0.4) is 0 Å². The molecule has 114 valence electrons. The molecule has 0 bridgehead atoms. The van der Waals surface area contributed by atoms with Crippen molar-refractivity contribution in [2.24, 2.45) is 0 Å². The van der Waals surface area contributed by atoms with Gasteiger partial charge in [-0.25, -0.2) is 9.18 Å². The zero-order chi connectivity index (χ0) is 16.3. The van der Waals surface area contributed by atoms with Crippen molar-refractivity contribution >= 4 is 17.5 Å². The number of carboxylic acid groups (broad SMARTS) is 1. The number of rotatable bonds is 6. The maximum Gasteiger partial charge on any atom is 0.372 e. The second kappa shape index (κ2) is 6.34. The van der Waals surface area contributed by atoms with Crippen LogP contribution >= 0.6 is 0 Å². The smallest absolute Gasteiger partial charge is 0.372 e. The van der Waals surface area contributed by atoms with Crippen LogP contribution < -0.4 is 0 Å². The van der Waals surface area contributed by atoms with Gasteiger partial charge in [0.25, 0.3) is 0 Å². The van der Waals surface area contributed by atoms with Crippen molar-refractivity contribution in [2.45, 2.75) is 19.9 Å². The Labute approximate surface area is 126 Å². The summed E-state index contributed by atoms with van der Waals surface area (Å²) in [6.45, 7) is 2.15. The number of aryl methyl sites for hydroxylation is 1. The first-order valence-corrected chi connectivity index (χ1v) is 6.57. The minimum Gasteiger partial charge on any atom is -0.475 e. The van der Waals surface area contributed by atoms with Crippen LogP contribution in [0, 0.1) is 12.7 Å². The zero-order valence-electron chi connectivity index (χ0n) is 11.9. The van der Waals surface area contributed by atoms with Crippen LogP contribution in [0.4, 0.5) is 4.39 Å². The molecule has 0 fully saturated rings. The molecule has 0 saturated carbocycles. The highest BCUT2D eigenvalue weighted by Gasteiger charge is 2.20. The Bertz CT molecular complexity index is 731. The van der Waals surface area contributed by atoms with E-state index in [1.54, 1.807) is 36.0 Å². The molecule has 0 saturated heterocycles. The second-order valence-corrected chi connectivity index (χ2v) is 4.98. The van der Waals surface area contributed by atoms with Crippen molar-refractivity contribution in [1.29, 1.82) is 0 Å². The van der Waals surface area contributed by atoms with Crippen molar-refractivity contribution in [3.63, 3.8) is 0 Å². The van der Waals surface area contributed by atoms with Gasteiger partial charge in [-0.15, -0.1) is 0 Å². The number of halogens is 1. The summed E-state index contributed by atoms with van der Waals surface area (Å²) in [5.74, 6) is -3.59. The van der Waals surface area contributed by atoms with Crippen LogP contribution in [0.25, 0.3) is 0 Å². The van der Waals surface area contributed by atoms with Gasteiger partial charge in [-0.3, -0.25) is 9.59 Å². The van der Waals surface area contributed by atoms with Crippen molar-refractivity contribution in [3.05, 3.63) is 59.2 Å². The van der Waals surface area contributed by atoms with E-state index in [1.165, 1.54) is 12.1 Å². The molecule has 0 aliphatic heterocycles. The number of aromatic nitrogens is 1. The molecule has 0 unspecified atom stereocenters. The fourth-order valence-corrected chi connectivity index (χ4v) is 2.12. The van der Waals surface area contributed by atoms with Crippen molar-refractivity contribution in [1.82, 2.24) is 4.57 Å². The third kappa shape index (κ3) is 3.66. The van der Waals surface area contributed by atoms with Gasteiger partial charge in [0.15, 0.2) is 5.78 Å². The molecule has 0 aliphatic carbocycles. The second-order valence-electron chi connectivity index (χ2n) is 4.98. The molecule has 0 aliphatic rings. The summed E-state index contributed by atoms with van der Waals surface area (Å²) in [6.07, 6.45) is 2.63. The van der Waals surface area contributed by atoms with Crippen LogP contribution in [-0.4, -0.2) is 27.2 Å². The van der Waals surface area contributed by atoms with Crippen molar-refractivity contribution in [3.8, 4) is 0 Å². The summed E-state index contributed by atoms with van der Waals surface area (Å²) in [5.41, 5.74) is 1.83. The number of Topliss-reactive ketones (excluding diaryl/α,β-unsaturated/α-hetero) is 2. The van der Waals surface area contributed by atoms with Gasteiger partial charge >= 0.3 is 5.97 Å². The normalized spacial score (nSPS) is 10.5. The Kier molecular flexibility index (Phi) is 4.50. The fraction of sp³-hybridized carbons (Fsp3) is 0.188. The first kappa shape index (κ1) is 15.6. The molecule has 6 heteroatoms. The molecule has 22 heavy (non-hydrogen) atoms. The van der Waals surface area contributed by atoms with Crippen LogP contribution in [-0.2, 0) is 16.1 Å². The number of benzene rings is 1. The van der Waals surface area contributed by atoms with E-state index in [1.807, 2.05) is 0 Å². The van der Waals surface area contributed by atoms with E-state index in [0.717, 1.165) is 5.56 Å². The third-order valence-electron chi connectivity index (χ3n) is 3.22. The molecule has 2 rings (SSSR count). The average Bonchev–Trinajstić information content (AvgIpc) is 2.82. The minimum atomic E-state index is -1.61. The number of hydrogen-bond donors (Lipinski definition) is 1. The number of carboxylic acids is 1. The van der Waals surface area contributed by atoms with Gasteiger partial charge in [0.05, 0.1) is 6.42 Å². The maximum absolute atomic E-state index is 12.9. The molecule has 0 radical (unpaired) electrons. The van der Waals surface area contributed by atoms with Crippen molar-refractivity contribution < 1.29 is 23.9 Å². The number of ketones is 2. The van der Waals surface area contributed by atoms with E-state index in [-0.39, 0.29) is 5.82 Å². The lowest BCUT2D eigenvalue weighted by molar-refractivity contribution is -0.148. The number of hydrogen-bond acceptors (Lipinski definition) is 3. The minimum absolute atomic E-state index is 0.316. The Morgan fingerprint density at radius 1 is 1.14 bits per heavy atom. The molecule has 1 aromatic heterocycles. The topological polar surface area (TPSA) is 76.4 Å². The molecule has 2 aromatic rings. The highest BCUT2D eigenvalue weighted by atomic mass is 19.1. The van der Waals surface area contributed by atoms with Crippen LogP contribution in [0.15, 0.2) is 36.7 Å². The Morgan fingerprint density at radius 3 is 2.36 bits per heavy atom. The molecule has 1 N–H and O–H groups in total. The summed E-state index contributed by atoms with van der Waals surface area (Å²) in [7, 11) is 0. The number of carbonyl (C=O) groups is 3. The summed E-state index contributed by atoms with van der Waals surface area (Å²) >= 11 is 0. The third-order valence-corrected chi connectivity index (χ3v) is 3.22. The molecular weight excluding hydrogens is 289 g/mol. The van der Waals surface area contributed by atoms with Gasteiger partial charge in [-0.05, 0) is 30.2 Å². The number of nitrogens with zero attached hydrogens (tertiary/aromatic N) is 1. The SMILES string of the molecule is Cc1cn(Cc2ccc(F)cc2)cc1C(=O)CC(=O)C(=O)O.